The standard InChI is InChI=1S/C9H13FN2O4/c10-4-6(13)7(16-9(11)15)3-5-1-2-12-8(5)14/h5,7H,1-4H2,(H2,11,15)(H,12,14)/t5-,7?/m0/s1. The molecule has 1 rings (SSSR count). The number of ketones is 1. The lowest BCUT2D eigenvalue weighted by molar-refractivity contribution is -0.130. The van der Waals surface area contributed by atoms with Crippen LogP contribution in [0.25, 0.3) is 0 Å². The third-order valence-corrected chi connectivity index (χ3v) is 2.41. The van der Waals surface area contributed by atoms with Crippen LogP contribution in [0.3, 0.4) is 0 Å². The molecule has 2 amide bonds. The molecule has 3 N–H and O–H groups in total. The van der Waals surface area contributed by atoms with Crippen LogP contribution in [-0.4, -0.2) is 37.1 Å². The predicted octanol–water partition coefficient (Wildman–Crippen LogP) is -0.485. The summed E-state index contributed by atoms with van der Waals surface area (Å²) in [4.78, 5) is 32.8. The fourth-order valence-corrected chi connectivity index (χ4v) is 1.60. The van der Waals surface area contributed by atoms with Crippen LogP contribution in [-0.2, 0) is 14.3 Å². The molecule has 0 radical (unpaired) electrons. The summed E-state index contributed by atoms with van der Waals surface area (Å²) in [6.45, 7) is -0.733. The van der Waals surface area contributed by atoms with Gasteiger partial charge in [-0.3, -0.25) is 9.59 Å². The van der Waals surface area contributed by atoms with Crippen molar-refractivity contribution in [1.82, 2.24) is 5.32 Å². The predicted molar refractivity (Wildman–Crippen MR) is 51.2 cm³/mol. The van der Waals surface area contributed by atoms with Gasteiger partial charge in [-0.1, -0.05) is 0 Å². The van der Waals surface area contributed by atoms with Crippen molar-refractivity contribution in [2.45, 2.75) is 18.9 Å². The van der Waals surface area contributed by atoms with Crippen LogP contribution in [0.4, 0.5) is 9.18 Å². The normalized spacial score (nSPS) is 21.3. The number of amides is 2. The van der Waals surface area contributed by atoms with Gasteiger partial charge in [-0.05, 0) is 6.42 Å². The van der Waals surface area contributed by atoms with Gasteiger partial charge in [0.05, 0.1) is 0 Å². The summed E-state index contributed by atoms with van der Waals surface area (Å²) in [6.07, 6.45) is -1.89. The molecule has 0 aromatic heterocycles. The van der Waals surface area contributed by atoms with E-state index in [0.717, 1.165) is 0 Å². The Kier molecular flexibility index (Phi) is 4.21. The average molecular weight is 232 g/mol. The summed E-state index contributed by atoms with van der Waals surface area (Å²) >= 11 is 0. The molecular weight excluding hydrogens is 219 g/mol. The minimum Gasteiger partial charge on any atom is -0.438 e. The van der Waals surface area contributed by atoms with Gasteiger partial charge in [0.1, 0.15) is 0 Å². The van der Waals surface area contributed by atoms with E-state index in [0.29, 0.717) is 13.0 Å². The Morgan fingerprint density at radius 2 is 2.31 bits per heavy atom. The summed E-state index contributed by atoms with van der Waals surface area (Å²) in [6, 6.07) is 0. The van der Waals surface area contributed by atoms with Crippen molar-refractivity contribution in [2.24, 2.45) is 11.7 Å². The first kappa shape index (κ1) is 12.4. The van der Waals surface area contributed by atoms with E-state index in [-0.39, 0.29) is 12.3 Å². The molecule has 1 fully saturated rings. The van der Waals surface area contributed by atoms with Crippen molar-refractivity contribution in [1.29, 1.82) is 0 Å². The molecule has 6 nitrogen and oxygen atoms in total. The number of carbonyl (C=O) groups is 3. The lowest BCUT2D eigenvalue weighted by Gasteiger charge is -2.16. The van der Waals surface area contributed by atoms with E-state index < -0.39 is 30.6 Å². The molecule has 2 atom stereocenters. The number of alkyl halides is 1. The molecule has 0 bridgehead atoms. The zero-order valence-corrected chi connectivity index (χ0v) is 8.57. The van der Waals surface area contributed by atoms with Crippen LogP contribution in [0.5, 0.6) is 0 Å². The maximum Gasteiger partial charge on any atom is 0.405 e. The van der Waals surface area contributed by atoms with E-state index in [1.54, 1.807) is 0 Å². The molecule has 0 saturated carbocycles. The highest BCUT2D eigenvalue weighted by atomic mass is 19.1. The van der Waals surface area contributed by atoms with Gasteiger partial charge in [-0.15, -0.1) is 0 Å². The summed E-state index contributed by atoms with van der Waals surface area (Å²) in [5.74, 6) is -1.52. The monoisotopic (exact) mass is 232 g/mol. The van der Waals surface area contributed by atoms with Crippen LogP contribution < -0.4 is 11.1 Å². The molecule has 90 valence electrons. The van der Waals surface area contributed by atoms with Gasteiger partial charge in [0, 0.05) is 18.9 Å². The van der Waals surface area contributed by atoms with Gasteiger partial charge in [-0.2, -0.15) is 0 Å². The maximum atomic E-state index is 12.2. The lowest BCUT2D eigenvalue weighted by Crippen LogP contribution is -2.34. The topological polar surface area (TPSA) is 98.5 Å². The molecule has 0 aromatic rings. The fraction of sp³-hybridized carbons (Fsp3) is 0.667. The number of nitrogens with one attached hydrogen (secondary N) is 1. The van der Waals surface area contributed by atoms with Gasteiger partial charge in [0.25, 0.3) is 0 Å². The van der Waals surface area contributed by atoms with Crippen molar-refractivity contribution in [2.75, 3.05) is 13.2 Å². The number of Topliss-reactive ketones (excluding diaryl/α,β-unsaturated/α-hetero) is 1. The highest BCUT2D eigenvalue weighted by Crippen LogP contribution is 2.18. The third kappa shape index (κ3) is 3.18. The smallest absolute Gasteiger partial charge is 0.405 e. The van der Waals surface area contributed by atoms with E-state index >= 15 is 0 Å². The van der Waals surface area contributed by atoms with Crippen molar-refractivity contribution in [3.63, 3.8) is 0 Å². The molecule has 0 spiro atoms. The molecule has 1 heterocycles. The lowest BCUT2D eigenvalue weighted by atomic mass is 9.98. The molecule has 1 unspecified atom stereocenters. The molecule has 1 saturated heterocycles. The molecule has 7 heteroatoms. The zero-order chi connectivity index (χ0) is 12.1. The van der Waals surface area contributed by atoms with E-state index in [4.69, 9.17) is 5.73 Å². The van der Waals surface area contributed by atoms with Crippen molar-refractivity contribution < 1.29 is 23.5 Å². The number of rotatable bonds is 5. The molecular formula is C9H13FN2O4. The van der Waals surface area contributed by atoms with E-state index in [2.05, 4.69) is 10.1 Å². The van der Waals surface area contributed by atoms with Crippen LogP contribution in [0.15, 0.2) is 0 Å². The van der Waals surface area contributed by atoms with Crippen molar-refractivity contribution in [3.05, 3.63) is 0 Å². The van der Waals surface area contributed by atoms with Gasteiger partial charge in [-0.25, -0.2) is 9.18 Å². The second-order valence-electron chi connectivity index (χ2n) is 3.54. The highest BCUT2D eigenvalue weighted by Gasteiger charge is 2.32. The summed E-state index contributed by atoms with van der Waals surface area (Å²) in [5, 5.41) is 2.57. The molecule has 1 aliphatic heterocycles. The number of nitrogens with two attached hydrogens (primary N) is 1. The van der Waals surface area contributed by atoms with Crippen LogP contribution in [0.2, 0.25) is 0 Å². The summed E-state index contributed by atoms with van der Waals surface area (Å²) < 4.78 is 16.7. The Morgan fingerprint density at radius 3 is 2.75 bits per heavy atom. The first-order chi connectivity index (χ1) is 7.54. The van der Waals surface area contributed by atoms with Crippen molar-refractivity contribution in [3.8, 4) is 0 Å². The van der Waals surface area contributed by atoms with Crippen LogP contribution in [0.1, 0.15) is 12.8 Å². The van der Waals surface area contributed by atoms with Gasteiger partial charge >= 0.3 is 6.09 Å². The minimum atomic E-state index is -1.27. The zero-order valence-electron chi connectivity index (χ0n) is 8.57. The van der Waals surface area contributed by atoms with E-state index in [1.165, 1.54) is 0 Å². The fourth-order valence-electron chi connectivity index (χ4n) is 1.60. The second-order valence-corrected chi connectivity index (χ2v) is 3.54. The van der Waals surface area contributed by atoms with Gasteiger partial charge < -0.3 is 15.8 Å². The Balaban J connectivity index is 2.58. The molecule has 0 aliphatic carbocycles. The number of carbonyl (C=O) groups excluding carboxylic acids is 3. The first-order valence-corrected chi connectivity index (χ1v) is 4.87. The summed E-state index contributed by atoms with van der Waals surface area (Å²) in [7, 11) is 0. The Labute approximate surface area is 91.3 Å². The quantitative estimate of drug-likeness (QED) is 0.668. The van der Waals surface area contributed by atoms with Gasteiger partial charge in [0.2, 0.25) is 11.7 Å². The average Bonchev–Trinajstić information content (AvgIpc) is 2.61. The number of hydrogen-bond donors (Lipinski definition) is 2. The molecule has 1 aliphatic rings. The highest BCUT2D eigenvalue weighted by molar-refractivity contribution is 5.87. The number of halogens is 1. The second kappa shape index (κ2) is 5.43. The number of primary amides is 1. The third-order valence-electron chi connectivity index (χ3n) is 2.41. The maximum absolute atomic E-state index is 12.2. The van der Waals surface area contributed by atoms with Crippen LogP contribution in [0, 0.1) is 5.92 Å². The number of ether oxygens (including phenoxy) is 1. The van der Waals surface area contributed by atoms with E-state index in [9.17, 15) is 18.8 Å². The van der Waals surface area contributed by atoms with Crippen LogP contribution >= 0.6 is 0 Å². The Bertz CT molecular complexity index is 308. The first-order valence-electron chi connectivity index (χ1n) is 4.87. The largest absolute Gasteiger partial charge is 0.438 e. The van der Waals surface area contributed by atoms with Gasteiger partial charge in [0.15, 0.2) is 12.8 Å². The molecule has 16 heavy (non-hydrogen) atoms. The minimum absolute atomic E-state index is 0.0163. The summed E-state index contributed by atoms with van der Waals surface area (Å²) in [5.41, 5.74) is 4.76. The van der Waals surface area contributed by atoms with Crippen molar-refractivity contribution >= 4 is 17.8 Å². The Morgan fingerprint density at radius 1 is 1.62 bits per heavy atom. The van der Waals surface area contributed by atoms with E-state index in [1.807, 2.05) is 0 Å². The SMILES string of the molecule is NC(=O)OC(C[C@@H]1CCNC1=O)C(=O)CF. The number of hydrogen-bond acceptors (Lipinski definition) is 4. The Hall–Kier alpha value is -1.66. The molecule has 0 aromatic carbocycles.